The third-order valence-corrected chi connectivity index (χ3v) is 5.15. The molecule has 1 aliphatic rings. The summed E-state index contributed by atoms with van der Waals surface area (Å²) in [5.74, 6) is 0.423. The van der Waals surface area contributed by atoms with Gasteiger partial charge in [0.05, 0.1) is 18.0 Å². The summed E-state index contributed by atoms with van der Waals surface area (Å²) in [4.78, 5) is 10.6. The number of hydrogen-bond acceptors (Lipinski definition) is 6. The molecule has 0 amide bonds. The summed E-state index contributed by atoms with van der Waals surface area (Å²) >= 11 is 0. The Morgan fingerprint density at radius 1 is 1.30 bits per heavy atom. The number of rotatable bonds is 3. The van der Waals surface area contributed by atoms with Gasteiger partial charge >= 0.3 is 0 Å². The molecule has 2 atom stereocenters. The highest BCUT2D eigenvalue weighted by atomic mass is 19.1. The molecule has 0 unspecified atom stereocenters. The summed E-state index contributed by atoms with van der Waals surface area (Å²) in [5.41, 5.74) is 7.58. The van der Waals surface area contributed by atoms with Gasteiger partial charge in [0, 0.05) is 23.7 Å². The average molecular weight is 374 g/mol. The number of aromatic nitrogens is 2. The van der Waals surface area contributed by atoms with Crippen molar-refractivity contribution in [3.8, 4) is 0 Å². The van der Waals surface area contributed by atoms with Crippen molar-refractivity contribution in [2.45, 2.75) is 39.0 Å². The molecule has 1 aliphatic heterocycles. The van der Waals surface area contributed by atoms with Crippen LogP contribution in [0, 0.1) is 25.5 Å². The maximum absolute atomic E-state index is 14.2. The van der Waals surface area contributed by atoms with Crippen LogP contribution in [0.3, 0.4) is 0 Å². The van der Waals surface area contributed by atoms with E-state index in [4.69, 9.17) is 10.2 Å². The number of nitrogens with two attached hydrogens (primary N) is 1. The number of halogens is 2. The molecule has 0 radical (unpaired) electrons. The highest BCUT2D eigenvalue weighted by molar-refractivity contribution is 5.88. The van der Waals surface area contributed by atoms with Crippen LogP contribution in [0.4, 0.5) is 14.6 Å². The van der Waals surface area contributed by atoms with E-state index in [2.05, 4.69) is 9.97 Å². The van der Waals surface area contributed by atoms with Gasteiger partial charge < -0.3 is 15.3 Å². The zero-order valence-corrected chi connectivity index (χ0v) is 15.0. The number of fused-ring (bicyclic) bond motifs is 1. The molecule has 0 bridgehead atoms. The van der Waals surface area contributed by atoms with Gasteiger partial charge in [-0.05, 0) is 38.5 Å². The molecule has 6 nitrogen and oxygen atoms in total. The molecule has 0 aliphatic carbocycles. The minimum absolute atomic E-state index is 0.213. The molecule has 0 saturated carbocycles. The van der Waals surface area contributed by atoms with Crippen molar-refractivity contribution in [2.24, 2.45) is 0 Å². The van der Waals surface area contributed by atoms with Crippen molar-refractivity contribution >= 4 is 16.9 Å². The number of furan rings is 1. The molecule has 3 aromatic rings. The zero-order valence-electron chi connectivity index (χ0n) is 15.0. The summed E-state index contributed by atoms with van der Waals surface area (Å²) in [6, 6.07) is 2.87. The van der Waals surface area contributed by atoms with Crippen LogP contribution in [0.2, 0.25) is 0 Å². The van der Waals surface area contributed by atoms with E-state index in [0.29, 0.717) is 35.7 Å². The zero-order chi connectivity index (χ0) is 19.3. The molecule has 142 valence electrons. The van der Waals surface area contributed by atoms with Crippen molar-refractivity contribution in [2.75, 3.05) is 12.3 Å². The SMILES string of the molecule is Cc1oc2nc(CN3C[C@H](O)C[C@H]3c3cc(F)ccc3F)nc(N)c2c1C. The van der Waals surface area contributed by atoms with Crippen molar-refractivity contribution < 1.29 is 18.3 Å². The number of benzene rings is 1. The monoisotopic (exact) mass is 374 g/mol. The molecular weight excluding hydrogens is 354 g/mol. The number of anilines is 1. The molecule has 1 aromatic carbocycles. The number of hydrogen-bond donors (Lipinski definition) is 2. The number of likely N-dealkylation sites (tertiary alicyclic amines) is 1. The fourth-order valence-electron chi connectivity index (χ4n) is 3.73. The van der Waals surface area contributed by atoms with Crippen LogP contribution in [-0.4, -0.2) is 32.6 Å². The lowest BCUT2D eigenvalue weighted by atomic mass is 10.0. The predicted molar refractivity (Wildman–Crippen MR) is 95.8 cm³/mol. The van der Waals surface area contributed by atoms with Crippen LogP contribution < -0.4 is 5.73 Å². The highest BCUT2D eigenvalue weighted by Gasteiger charge is 2.34. The Labute approximate surface area is 154 Å². The summed E-state index contributed by atoms with van der Waals surface area (Å²) in [7, 11) is 0. The predicted octanol–water partition coefficient (Wildman–Crippen LogP) is 3.01. The molecular formula is C19H20F2N4O2. The second-order valence-electron chi connectivity index (χ2n) is 6.99. The third-order valence-electron chi connectivity index (χ3n) is 5.15. The van der Waals surface area contributed by atoms with Crippen LogP contribution in [-0.2, 0) is 6.54 Å². The minimum Gasteiger partial charge on any atom is -0.443 e. The van der Waals surface area contributed by atoms with Gasteiger partial charge in [-0.3, -0.25) is 4.90 Å². The summed E-state index contributed by atoms with van der Waals surface area (Å²) in [6.45, 7) is 4.25. The van der Waals surface area contributed by atoms with Crippen molar-refractivity contribution in [3.63, 3.8) is 0 Å². The number of nitrogens with zero attached hydrogens (tertiary/aromatic N) is 3. The van der Waals surface area contributed by atoms with Crippen molar-refractivity contribution in [1.29, 1.82) is 0 Å². The number of aliphatic hydroxyl groups is 1. The topological polar surface area (TPSA) is 88.4 Å². The lowest BCUT2D eigenvalue weighted by Gasteiger charge is -2.24. The Hall–Kier alpha value is -2.58. The Morgan fingerprint density at radius 3 is 2.85 bits per heavy atom. The smallest absolute Gasteiger partial charge is 0.231 e. The summed E-state index contributed by atoms with van der Waals surface area (Å²) in [6.07, 6.45) is -0.344. The first-order chi connectivity index (χ1) is 12.8. The van der Waals surface area contributed by atoms with Crippen LogP contribution >= 0.6 is 0 Å². The Morgan fingerprint density at radius 2 is 2.07 bits per heavy atom. The van der Waals surface area contributed by atoms with E-state index in [-0.39, 0.29) is 12.1 Å². The molecule has 4 rings (SSSR count). The third kappa shape index (κ3) is 3.15. The van der Waals surface area contributed by atoms with E-state index < -0.39 is 23.8 Å². The molecule has 0 spiro atoms. The van der Waals surface area contributed by atoms with Crippen molar-refractivity contribution in [3.05, 3.63) is 52.5 Å². The Balaban J connectivity index is 1.68. The maximum atomic E-state index is 14.2. The quantitative estimate of drug-likeness (QED) is 0.733. The number of aliphatic hydroxyl groups excluding tert-OH is 1. The van der Waals surface area contributed by atoms with Crippen LogP contribution in [0.15, 0.2) is 22.6 Å². The number of β-amino-alcohol motifs (C(OH)–C–C–N with tert-alkyl or cyclic N) is 1. The summed E-state index contributed by atoms with van der Waals surface area (Å²) < 4.78 is 33.5. The molecule has 27 heavy (non-hydrogen) atoms. The van der Waals surface area contributed by atoms with Gasteiger partial charge in [-0.1, -0.05) is 0 Å². The van der Waals surface area contributed by atoms with Gasteiger partial charge in [0.2, 0.25) is 5.71 Å². The van der Waals surface area contributed by atoms with Gasteiger partial charge in [-0.2, -0.15) is 4.98 Å². The van der Waals surface area contributed by atoms with E-state index in [9.17, 15) is 13.9 Å². The lowest BCUT2D eigenvalue weighted by molar-refractivity contribution is 0.171. The Bertz CT molecular complexity index is 1020. The van der Waals surface area contributed by atoms with E-state index in [1.807, 2.05) is 18.7 Å². The molecule has 2 aromatic heterocycles. The van der Waals surface area contributed by atoms with E-state index >= 15 is 0 Å². The van der Waals surface area contributed by atoms with Gasteiger partial charge in [0.25, 0.3) is 0 Å². The highest BCUT2D eigenvalue weighted by Crippen LogP contribution is 2.35. The molecule has 3 heterocycles. The lowest BCUT2D eigenvalue weighted by Crippen LogP contribution is -2.26. The number of aryl methyl sites for hydroxylation is 2. The van der Waals surface area contributed by atoms with Crippen LogP contribution in [0.5, 0.6) is 0 Å². The normalized spacial score (nSPS) is 20.6. The molecule has 1 saturated heterocycles. The minimum atomic E-state index is -0.646. The van der Waals surface area contributed by atoms with E-state index in [1.54, 1.807) is 0 Å². The molecule has 1 fully saturated rings. The number of nitrogen functional groups attached to an aromatic ring is 1. The van der Waals surface area contributed by atoms with Gasteiger partial charge in [-0.25, -0.2) is 13.8 Å². The molecule has 3 N–H and O–H groups in total. The average Bonchev–Trinajstić information content (AvgIpc) is 3.09. The van der Waals surface area contributed by atoms with Gasteiger partial charge in [0.15, 0.2) is 0 Å². The van der Waals surface area contributed by atoms with Gasteiger partial charge in [-0.15, -0.1) is 0 Å². The van der Waals surface area contributed by atoms with E-state index in [1.165, 1.54) is 6.07 Å². The Kier molecular flexibility index (Phi) is 4.32. The fourth-order valence-corrected chi connectivity index (χ4v) is 3.73. The molecule has 8 heteroatoms. The largest absolute Gasteiger partial charge is 0.443 e. The maximum Gasteiger partial charge on any atom is 0.231 e. The second-order valence-corrected chi connectivity index (χ2v) is 6.99. The standard InChI is InChI=1S/C19H20F2N4O2/c1-9-10(2)27-19-17(9)18(22)23-16(24-19)8-25-7-12(26)6-15(25)13-5-11(20)3-4-14(13)21/h3-5,12,15,26H,6-8H2,1-2H3,(H2,22,23,24)/t12-,15+/m1/s1. The van der Waals surface area contributed by atoms with E-state index in [0.717, 1.165) is 23.5 Å². The second kappa shape index (κ2) is 6.54. The van der Waals surface area contributed by atoms with Crippen LogP contribution in [0.1, 0.15) is 35.2 Å². The fraction of sp³-hybridized carbons (Fsp3) is 0.368. The first kappa shape index (κ1) is 17.8. The van der Waals surface area contributed by atoms with Crippen molar-refractivity contribution in [1.82, 2.24) is 14.9 Å². The first-order valence-electron chi connectivity index (χ1n) is 8.72. The van der Waals surface area contributed by atoms with Crippen LogP contribution in [0.25, 0.3) is 11.1 Å². The van der Waals surface area contributed by atoms with Gasteiger partial charge in [0.1, 0.15) is 29.0 Å². The summed E-state index contributed by atoms with van der Waals surface area (Å²) in [5, 5.41) is 10.8. The first-order valence-corrected chi connectivity index (χ1v) is 8.72.